The molecule has 2 heterocycles. The number of oxime groups is 1. The first-order valence-corrected chi connectivity index (χ1v) is 8.82. The summed E-state index contributed by atoms with van der Waals surface area (Å²) < 4.78 is 1.66. The fourth-order valence-electron chi connectivity index (χ4n) is 2.96. The number of benzene rings is 1. The van der Waals surface area contributed by atoms with Crippen LogP contribution in [0.5, 0.6) is 0 Å². The highest BCUT2D eigenvalue weighted by atomic mass is 16.6. The minimum Gasteiger partial charge on any atom is -0.382 e. The van der Waals surface area contributed by atoms with Crippen LogP contribution >= 0.6 is 0 Å². The summed E-state index contributed by atoms with van der Waals surface area (Å²) in [4.78, 5) is 31.2. The smallest absolute Gasteiger partial charge is 0.270 e. The van der Waals surface area contributed by atoms with Crippen LogP contribution in [0.25, 0.3) is 0 Å². The Labute approximate surface area is 157 Å². The predicted molar refractivity (Wildman–Crippen MR) is 103 cm³/mol. The monoisotopic (exact) mass is 369 g/mol. The fourth-order valence-corrected chi connectivity index (χ4v) is 2.96. The zero-order chi connectivity index (χ0) is 19.4. The van der Waals surface area contributed by atoms with E-state index in [0.29, 0.717) is 24.4 Å². The number of hydrogen-bond donors (Lipinski definition) is 1. The average Bonchev–Trinajstić information content (AvgIpc) is 3.06. The van der Waals surface area contributed by atoms with Crippen molar-refractivity contribution in [3.63, 3.8) is 0 Å². The zero-order valence-corrected chi connectivity index (χ0v) is 15.7. The molecule has 0 radical (unpaired) electrons. The predicted octanol–water partition coefficient (Wildman–Crippen LogP) is 2.31. The van der Waals surface area contributed by atoms with Crippen LogP contribution in [0.15, 0.2) is 41.8 Å². The van der Waals surface area contributed by atoms with Crippen LogP contribution in [-0.4, -0.2) is 40.0 Å². The first kappa shape index (κ1) is 18.6. The molecule has 0 spiro atoms. The van der Waals surface area contributed by atoms with Gasteiger partial charge in [-0.2, -0.15) is 5.10 Å². The summed E-state index contributed by atoms with van der Waals surface area (Å²) in [6, 6.07) is 7.32. The molecule has 142 valence electrons. The van der Waals surface area contributed by atoms with Crippen molar-refractivity contribution in [3.8, 4) is 0 Å². The molecule has 1 atom stereocenters. The quantitative estimate of drug-likeness (QED) is 0.647. The zero-order valence-electron chi connectivity index (χ0n) is 15.7. The molecular weight excluding hydrogens is 346 g/mol. The van der Waals surface area contributed by atoms with Crippen LogP contribution < -0.4 is 10.2 Å². The number of anilines is 2. The normalized spacial score (nSPS) is 17.7. The second-order valence-corrected chi connectivity index (χ2v) is 6.54. The van der Waals surface area contributed by atoms with Crippen LogP contribution in [0, 0.1) is 0 Å². The Bertz CT molecular complexity index is 874. The molecule has 1 N–H and O–H groups in total. The van der Waals surface area contributed by atoms with Crippen molar-refractivity contribution in [3.05, 3.63) is 42.2 Å². The maximum atomic E-state index is 12.7. The molecule has 2 aromatic rings. The third-order valence-corrected chi connectivity index (χ3v) is 4.31. The molecule has 0 aliphatic carbocycles. The Balaban J connectivity index is 1.69. The number of piperidine rings is 1. The van der Waals surface area contributed by atoms with Crippen molar-refractivity contribution in [2.75, 3.05) is 16.8 Å². The first-order valence-electron chi connectivity index (χ1n) is 8.82. The van der Waals surface area contributed by atoms with E-state index in [1.165, 1.54) is 6.92 Å². The number of nitrogens with one attached hydrogen (secondary N) is 1. The van der Waals surface area contributed by atoms with Crippen molar-refractivity contribution < 1.29 is 14.4 Å². The van der Waals surface area contributed by atoms with E-state index in [9.17, 15) is 9.59 Å². The van der Waals surface area contributed by atoms with Gasteiger partial charge in [-0.05, 0) is 31.9 Å². The SMILES string of the molecule is CC(=O)Nc1cccc(/C(C)=N/OC2CCCN(c3cnn(C)c3)C2=O)c1. The van der Waals surface area contributed by atoms with Gasteiger partial charge in [0.25, 0.3) is 5.91 Å². The van der Waals surface area contributed by atoms with E-state index in [2.05, 4.69) is 15.6 Å². The molecule has 1 aromatic carbocycles. The first-order chi connectivity index (χ1) is 12.9. The van der Waals surface area contributed by atoms with Gasteiger partial charge in [-0.15, -0.1) is 0 Å². The molecule has 1 saturated heterocycles. The highest BCUT2D eigenvalue weighted by Crippen LogP contribution is 2.22. The Kier molecular flexibility index (Phi) is 5.54. The molecule has 1 aromatic heterocycles. The van der Waals surface area contributed by atoms with Crippen LogP contribution in [0.2, 0.25) is 0 Å². The molecule has 8 heteroatoms. The summed E-state index contributed by atoms with van der Waals surface area (Å²) in [5.41, 5.74) is 2.90. The highest BCUT2D eigenvalue weighted by Gasteiger charge is 2.32. The van der Waals surface area contributed by atoms with E-state index in [4.69, 9.17) is 4.84 Å². The standard InChI is InChI=1S/C19H23N5O3/c1-13(15-6-4-7-16(10-15)21-14(2)25)22-27-18-8-5-9-24(19(18)26)17-11-20-23(3)12-17/h4,6-7,10-12,18H,5,8-9H2,1-3H3,(H,21,25)/b22-13+. The fraction of sp³-hybridized carbons (Fsp3) is 0.368. The van der Waals surface area contributed by atoms with E-state index < -0.39 is 6.10 Å². The van der Waals surface area contributed by atoms with Gasteiger partial charge in [0.15, 0.2) is 0 Å². The second kappa shape index (κ2) is 8.03. The molecule has 2 amide bonds. The van der Waals surface area contributed by atoms with Crippen molar-refractivity contribution in [2.24, 2.45) is 12.2 Å². The maximum Gasteiger partial charge on any atom is 0.270 e. The Morgan fingerprint density at radius 2 is 2.19 bits per heavy atom. The molecule has 27 heavy (non-hydrogen) atoms. The van der Waals surface area contributed by atoms with Gasteiger partial charge in [0.2, 0.25) is 12.0 Å². The summed E-state index contributed by atoms with van der Waals surface area (Å²) in [6.45, 7) is 3.91. The summed E-state index contributed by atoms with van der Waals surface area (Å²) in [6.07, 6.45) is 4.31. The van der Waals surface area contributed by atoms with Crippen LogP contribution in [-0.2, 0) is 21.5 Å². The third-order valence-electron chi connectivity index (χ3n) is 4.31. The summed E-state index contributed by atoms with van der Waals surface area (Å²) in [7, 11) is 1.81. The van der Waals surface area contributed by atoms with Gasteiger partial charge >= 0.3 is 0 Å². The minimum absolute atomic E-state index is 0.113. The van der Waals surface area contributed by atoms with Gasteiger partial charge in [-0.1, -0.05) is 17.3 Å². The minimum atomic E-state index is -0.618. The van der Waals surface area contributed by atoms with E-state index in [-0.39, 0.29) is 11.8 Å². The largest absolute Gasteiger partial charge is 0.382 e. The molecule has 0 bridgehead atoms. The van der Waals surface area contributed by atoms with Crippen molar-refractivity contribution in [2.45, 2.75) is 32.8 Å². The van der Waals surface area contributed by atoms with Gasteiger partial charge in [-0.25, -0.2) is 0 Å². The lowest BCUT2D eigenvalue weighted by molar-refractivity contribution is -0.132. The van der Waals surface area contributed by atoms with Gasteiger partial charge in [0.1, 0.15) is 0 Å². The molecule has 1 fully saturated rings. The van der Waals surface area contributed by atoms with Crippen molar-refractivity contribution >= 4 is 28.9 Å². The van der Waals surface area contributed by atoms with E-state index in [1.807, 2.05) is 31.4 Å². The molecule has 8 nitrogen and oxygen atoms in total. The van der Waals surface area contributed by atoms with Crippen molar-refractivity contribution in [1.29, 1.82) is 0 Å². The van der Waals surface area contributed by atoms with E-state index in [0.717, 1.165) is 17.7 Å². The van der Waals surface area contributed by atoms with Gasteiger partial charge in [-0.3, -0.25) is 14.3 Å². The molecule has 1 aliphatic rings. The van der Waals surface area contributed by atoms with Crippen molar-refractivity contribution in [1.82, 2.24) is 9.78 Å². The lowest BCUT2D eigenvalue weighted by Gasteiger charge is -2.29. The Morgan fingerprint density at radius 1 is 1.37 bits per heavy atom. The van der Waals surface area contributed by atoms with Gasteiger partial charge < -0.3 is 15.1 Å². The lowest BCUT2D eigenvalue weighted by Crippen LogP contribution is -2.45. The maximum absolute atomic E-state index is 12.7. The number of aryl methyl sites for hydroxylation is 1. The lowest BCUT2D eigenvalue weighted by atomic mass is 10.1. The summed E-state index contributed by atoms with van der Waals surface area (Å²) >= 11 is 0. The Morgan fingerprint density at radius 3 is 2.89 bits per heavy atom. The number of amides is 2. The molecule has 0 saturated carbocycles. The number of carbonyl (C=O) groups is 2. The number of aromatic nitrogens is 2. The van der Waals surface area contributed by atoms with Gasteiger partial charge in [0, 0.05) is 38.0 Å². The second-order valence-electron chi connectivity index (χ2n) is 6.54. The number of nitrogens with zero attached hydrogens (tertiary/aromatic N) is 4. The van der Waals surface area contributed by atoms with Crippen LogP contribution in [0.4, 0.5) is 11.4 Å². The number of carbonyl (C=O) groups excluding carboxylic acids is 2. The van der Waals surface area contributed by atoms with E-state index >= 15 is 0 Å². The summed E-state index contributed by atoms with van der Waals surface area (Å²) in [5.74, 6) is -0.251. The van der Waals surface area contributed by atoms with Crippen LogP contribution in [0.1, 0.15) is 32.3 Å². The van der Waals surface area contributed by atoms with Crippen LogP contribution in [0.3, 0.4) is 0 Å². The number of rotatable bonds is 5. The number of hydrogen-bond acceptors (Lipinski definition) is 5. The molecule has 3 rings (SSSR count). The average molecular weight is 369 g/mol. The Hall–Kier alpha value is -3.16. The van der Waals surface area contributed by atoms with E-state index in [1.54, 1.807) is 28.8 Å². The molecular formula is C19H23N5O3. The highest BCUT2D eigenvalue weighted by molar-refractivity contribution is 6.00. The van der Waals surface area contributed by atoms with Gasteiger partial charge in [0.05, 0.1) is 17.6 Å². The molecule has 1 aliphatic heterocycles. The molecule has 1 unspecified atom stereocenters. The summed E-state index contributed by atoms with van der Waals surface area (Å²) in [5, 5.41) is 11.0. The topological polar surface area (TPSA) is 88.8 Å². The third kappa shape index (κ3) is 4.52.